The minimum Gasteiger partial charge on any atom is -0.767 e. The van der Waals surface area contributed by atoms with Crippen LogP contribution in [-0.2, 0) is 9.13 Å². The minimum atomic E-state index is -5.27. The first-order chi connectivity index (χ1) is 10.7. The normalized spacial score (nSPS) is 17.4. The van der Waals surface area contributed by atoms with Crippen molar-refractivity contribution in [3.8, 4) is 11.5 Å². The monoisotopic (exact) mass is 370 g/mol. The Hall–Kier alpha value is -0.425. The van der Waals surface area contributed by atoms with Crippen LogP contribution < -0.4 is 56.6 Å². The van der Waals surface area contributed by atoms with Gasteiger partial charge in [0.05, 0.1) is 0 Å². The molecule has 124 valence electrons. The zero-order valence-electron chi connectivity index (χ0n) is 14.1. The number of benzene rings is 2. The molecule has 0 aliphatic carbocycles. The molecule has 0 bridgehead atoms. The summed E-state index contributed by atoms with van der Waals surface area (Å²) in [4.78, 5) is 24.3. The van der Waals surface area contributed by atoms with Gasteiger partial charge in [-0.25, -0.2) is 0 Å². The van der Waals surface area contributed by atoms with Gasteiger partial charge in [-0.2, -0.15) is 0 Å². The Kier molecular flexibility index (Phi) is 9.33. The average Bonchev–Trinajstić information content (AvgIpc) is 2.48. The third-order valence-electron chi connectivity index (χ3n) is 2.98. The van der Waals surface area contributed by atoms with Gasteiger partial charge in [0.15, 0.2) is 0 Å². The molecule has 11 heteroatoms. The molecule has 2 atom stereocenters. The number of rotatable bonds is 6. The zero-order valence-corrected chi connectivity index (χ0v) is 15.9. The molecule has 7 nitrogen and oxygen atoms in total. The van der Waals surface area contributed by atoms with Crippen molar-refractivity contribution >= 4 is 15.2 Å². The van der Waals surface area contributed by atoms with E-state index in [9.17, 15) is 24.0 Å². The molecule has 0 heterocycles. The van der Waals surface area contributed by atoms with E-state index in [0.717, 1.165) is 0 Å². The van der Waals surface area contributed by atoms with E-state index >= 15 is 0 Å². The second-order valence-corrected chi connectivity index (χ2v) is 9.22. The van der Waals surface area contributed by atoms with Crippen molar-refractivity contribution in [2.45, 2.75) is 12.0 Å². The molecular weight excluding hydrogens is 356 g/mol. The predicted octanol–water partition coefficient (Wildman–Crippen LogP) is -4.07. The van der Waals surface area contributed by atoms with E-state index in [-0.39, 0.29) is 49.2 Å². The van der Waals surface area contributed by atoms with Crippen LogP contribution in [0.4, 0.5) is 0 Å². The van der Waals surface area contributed by atoms with Crippen molar-refractivity contribution in [2.75, 3.05) is 0 Å². The molecule has 0 fully saturated rings. The van der Waals surface area contributed by atoms with Crippen LogP contribution >= 0.6 is 15.2 Å². The van der Waals surface area contributed by atoms with Crippen LogP contribution in [0.5, 0.6) is 11.5 Å². The molecule has 0 amide bonds. The molecule has 0 aliphatic rings. The summed E-state index contributed by atoms with van der Waals surface area (Å²) in [5.41, 5.74) is 0. The Balaban J connectivity index is 0.00000288. The van der Waals surface area contributed by atoms with Crippen LogP contribution in [0, 0.1) is 0 Å². The van der Waals surface area contributed by atoms with Gasteiger partial charge in [-0.1, -0.05) is 36.4 Å². The maximum atomic E-state index is 12.2. The summed E-state index contributed by atoms with van der Waals surface area (Å²) in [5, 5.41) is 6.85. The largest absolute Gasteiger partial charge is 1.00 e. The summed E-state index contributed by atoms with van der Waals surface area (Å²) in [7, 11) is -10.5. The Morgan fingerprint density at radius 2 is 1.08 bits per heavy atom. The number of hydrogen-bond donors (Lipinski definition) is 1. The molecule has 0 spiro atoms. The van der Waals surface area contributed by atoms with Gasteiger partial charge >= 0.3 is 37.7 Å². The van der Waals surface area contributed by atoms with Crippen molar-refractivity contribution in [3.05, 3.63) is 60.7 Å². The second kappa shape index (κ2) is 9.49. The van der Waals surface area contributed by atoms with E-state index in [1.54, 1.807) is 12.1 Å². The Morgan fingerprint density at radius 1 is 0.800 bits per heavy atom. The Labute approximate surface area is 169 Å². The minimum absolute atomic E-state index is 0. The van der Waals surface area contributed by atoms with Crippen LogP contribution in [0.25, 0.3) is 0 Å². The van der Waals surface area contributed by atoms with E-state index in [0.29, 0.717) is 6.92 Å². The predicted molar refractivity (Wildman–Crippen MR) is 80.0 cm³/mol. The van der Waals surface area contributed by atoms with Crippen LogP contribution in [0.15, 0.2) is 60.7 Å². The number of para-hydroxylation sites is 2. The molecule has 0 radical (unpaired) electrons. The van der Waals surface area contributed by atoms with Gasteiger partial charge in [0.1, 0.15) is 11.5 Å². The van der Waals surface area contributed by atoms with Crippen molar-refractivity contribution in [1.82, 2.24) is 0 Å². The standard InChI is InChI=1S/C14H16O7P2.2Li/c1-14(15,22(16,17)20-12-8-4-2-5-9-12)23(18,19)21-13-10-6-3-7-11-13;;/h2-11,15H,1H3,(H,16,17)(H,18,19);;/q;2*+1/p-2. The van der Waals surface area contributed by atoms with Gasteiger partial charge in [-0.15, -0.1) is 0 Å². The summed E-state index contributed by atoms with van der Waals surface area (Å²) in [5.74, 6) is -0.239. The van der Waals surface area contributed by atoms with Crippen molar-refractivity contribution in [1.29, 1.82) is 0 Å². The molecule has 0 aromatic heterocycles. The fourth-order valence-corrected chi connectivity index (χ4v) is 4.15. The van der Waals surface area contributed by atoms with Crippen molar-refractivity contribution < 1.29 is 70.8 Å². The summed E-state index contributed by atoms with van der Waals surface area (Å²) in [6.07, 6.45) is 0. The SMILES string of the molecule is CC(O)(P(=O)([O-])Oc1ccccc1)P(=O)([O-])Oc1ccccc1.[Li+].[Li+]. The molecule has 2 aromatic carbocycles. The molecule has 2 aromatic rings. The van der Waals surface area contributed by atoms with Crippen LogP contribution in [0.2, 0.25) is 0 Å². The fraction of sp³-hybridized carbons (Fsp3) is 0.143. The number of hydrogen-bond acceptors (Lipinski definition) is 7. The summed E-state index contributed by atoms with van der Waals surface area (Å²) < 4.78 is 33.7. The first-order valence-corrected chi connectivity index (χ1v) is 9.58. The van der Waals surface area contributed by atoms with E-state index in [1.165, 1.54) is 48.5 Å². The maximum absolute atomic E-state index is 12.2. The van der Waals surface area contributed by atoms with Gasteiger partial charge in [-0.05, 0) is 31.2 Å². The summed E-state index contributed by atoms with van der Waals surface area (Å²) in [6.45, 7) is 0.598. The number of aliphatic hydroxyl groups is 1. The van der Waals surface area contributed by atoms with E-state index in [2.05, 4.69) is 9.05 Å². The first kappa shape index (κ1) is 24.6. The van der Waals surface area contributed by atoms with E-state index in [4.69, 9.17) is 0 Å². The topological polar surface area (TPSA) is 119 Å². The smallest absolute Gasteiger partial charge is 0.767 e. The Bertz CT molecular complexity index is 693. The van der Waals surface area contributed by atoms with E-state index < -0.39 is 20.3 Å². The van der Waals surface area contributed by atoms with Gasteiger partial charge in [0.2, 0.25) is 20.3 Å². The third-order valence-corrected chi connectivity index (χ3v) is 7.42. The van der Waals surface area contributed by atoms with Gasteiger partial charge < -0.3 is 23.9 Å². The van der Waals surface area contributed by atoms with Crippen molar-refractivity contribution in [2.24, 2.45) is 0 Å². The molecular formula is C14H14Li2O7P2. The molecule has 0 saturated carbocycles. The summed E-state index contributed by atoms with van der Waals surface area (Å²) in [6, 6.07) is 14.5. The summed E-state index contributed by atoms with van der Waals surface area (Å²) >= 11 is 0. The first-order valence-electron chi connectivity index (χ1n) is 6.50. The molecule has 0 aliphatic heterocycles. The quantitative estimate of drug-likeness (QED) is 0.406. The molecule has 1 N–H and O–H groups in total. The maximum Gasteiger partial charge on any atom is 1.00 e. The second-order valence-electron chi connectivity index (χ2n) is 4.77. The average molecular weight is 370 g/mol. The molecule has 2 rings (SSSR count). The molecule has 0 saturated heterocycles. The molecule has 25 heavy (non-hydrogen) atoms. The van der Waals surface area contributed by atoms with Crippen LogP contribution in [0.1, 0.15) is 6.92 Å². The molecule has 2 unspecified atom stereocenters. The zero-order chi connectivity index (χ0) is 17.1. The Morgan fingerprint density at radius 3 is 1.36 bits per heavy atom. The van der Waals surface area contributed by atoms with E-state index in [1.807, 2.05) is 0 Å². The van der Waals surface area contributed by atoms with Gasteiger partial charge in [0.25, 0.3) is 0 Å². The van der Waals surface area contributed by atoms with Gasteiger partial charge in [-0.3, -0.25) is 9.13 Å². The van der Waals surface area contributed by atoms with Gasteiger partial charge in [0, 0.05) is 0 Å². The van der Waals surface area contributed by atoms with Crippen LogP contribution in [-0.4, -0.2) is 10.2 Å². The fourth-order valence-electron chi connectivity index (χ4n) is 1.56. The van der Waals surface area contributed by atoms with Crippen LogP contribution in [0.3, 0.4) is 0 Å². The van der Waals surface area contributed by atoms with Crippen molar-refractivity contribution in [3.63, 3.8) is 0 Å². The third kappa shape index (κ3) is 5.78.